The summed E-state index contributed by atoms with van der Waals surface area (Å²) in [5.74, 6) is 0.466. The topological polar surface area (TPSA) is 29.1 Å². The summed E-state index contributed by atoms with van der Waals surface area (Å²) < 4.78 is 0. The summed E-state index contributed by atoms with van der Waals surface area (Å²) >= 11 is 1.69. The Labute approximate surface area is 85.2 Å². The lowest BCUT2D eigenvalue weighted by atomic mass is 10.2. The van der Waals surface area contributed by atoms with Crippen molar-refractivity contribution in [3.05, 3.63) is 11.1 Å². The largest absolute Gasteiger partial charge is 0.321 e. The van der Waals surface area contributed by atoms with Crippen LogP contribution in [0.3, 0.4) is 0 Å². The lowest BCUT2D eigenvalue weighted by Crippen LogP contribution is -2.18. The fraction of sp³-hybridized carbons (Fsp3) is 0.700. The molecule has 0 spiro atoms. The van der Waals surface area contributed by atoms with Gasteiger partial charge in [-0.1, -0.05) is 33.8 Å². The summed E-state index contributed by atoms with van der Waals surface area (Å²) in [7, 11) is 0. The van der Waals surface area contributed by atoms with Gasteiger partial charge < -0.3 is 5.32 Å². The number of rotatable bonds is 4. The molecular formula is C10H19NOS. The molecule has 0 heterocycles. The van der Waals surface area contributed by atoms with Gasteiger partial charge in [0, 0.05) is 12.2 Å². The first-order valence-electron chi connectivity index (χ1n) is 4.58. The monoisotopic (exact) mass is 201 g/mol. The van der Waals surface area contributed by atoms with Gasteiger partial charge in [0.25, 0.3) is 0 Å². The summed E-state index contributed by atoms with van der Waals surface area (Å²) in [4.78, 5) is 10.9. The molecule has 1 N–H and O–H groups in total. The van der Waals surface area contributed by atoms with Gasteiger partial charge in [0.2, 0.25) is 5.91 Å². The minimum atomic E-state index is 0.0000463. The van der Waals surface area contributed by atoms with Crippen LogP contribution in [0.25, 0.3) is 0 Å². The molecule has 0 atom stereocenters. The molecule has 0 aromatic heterocycles. The van der Waals surface area contributed by atoms with E-state index < -0.39 is 0 Å². The molecule has 0 aliphatic carbocycles. The van der Waals surface area contributed by atoms with Gasteiger partial charge in [0.15, 0.2) is 0 Å². The van der Waals surface area contributed by atoms with E-state index in [1.165, 1.54) is 6.92 Å². The minimum absolute atomic E-state index is 0.0000463. The van der Waals surface area contributed by atoms with Gasteiger partial charge in [0.1, 0.15) is 0 Å². The van der Waals surface area contributed by atoms with Crippen molar-refractivity contribution in [2.24, 2.45) is 5.92 Å². The van der Waals surface area contributed by atoms with E-state index in [2.05, 4.69) is 39.1 Å². The van der Waals surface area contributed by atoms with Crippen LogP contribution in [0.15, 0.2) is 11.1 Å². The van der Waals surface area contributed by atoms with Crippen LogP contribution in [0.4, 0.5) is 0 Å². The number of allylic oxidation sites excluding steroid dienone is 1. The molecule has 0 aliphatic rings. The summed E-state index contributed by atoms with van der Waals surface area (Å²) in [5, 5.41) is 4.29. The third-order valence-electron chi connectivity index (χ3n) is 1.15. The number of carbonyl (C=O) groups excluding carboxylic acids is 1. The van der Waals surface area contributed by atoms with Crippen LogP contribution in [-0.2, 0) is 4.79 Å². The summed E-state index contributed by atoms with van der Waals surface area (Å²) in [6.45, 7) is 9.96. The molecule has 2 nitrogen and oxygen atoms in total. The molecule has 1 amide bonds. The Morgan fingerprint density at radius 1 is 1.31 bits per heavy atom. The Morgan fingerprint density at radius 3 is 2.15 bits per heavy atom. The second kappa shape index (κ2) is 6.08. The smallest absolute Gasteiger partial charge is 0.221 e. The van der Waals surface area contributed by atoms with Gasteiger partial charge in [-0.3, -0.25) is 4.79 Å². The molecule has 0 aromatic carbocycles. The van der Waals surface area contributed by atoms with E-state index in [1.54, 1.807) is 11.8 Å². The van der Waals surface area contributed by atoms with Crippen LogP contribution in [0.5, 0.6) is 0 Å². The molecule has 3 heteroatoms. The molecule has 0 radical (unpaired) electrons. The lowest BCUT2D eigenvalue weighted by Gasteiger charge is -2.11. The molecule has 0 bridgehead atoms. The Balaban J connectivity index is 4.27. The van der Waals surface area contributed by atoms with Crippen molar-refractivity contribution in [1.82, 2.24) is 5.32 Å². The van der Waals surface area contributed by atoms with Crippen LogP contribution in [0.2, 0.25) is 0 Å². The zero-order chi connectivity index (χ0) is 10.4. The Morgan fingerprint density at radius 2 is 1.85 bits per heavy atom. The SMILES string of the molecule is CC(=O)NC(=CC(C)C)SC(C)C. The fourth-order valence-corrected chi connectivity index (χ4v) is 1.90. The van der Waals surface area contributed by atoms with Crippen molar-refractivity contribution in [3.63, 3.8) is 0 Å². The molecule has 0 saturated carbocycles. The van der Waals surface area contributed by atoms with Crippen LogP contribution in [-0.4, -0.2) is 11.2 Å². The number of hydrogen-bond acceptors (Lipinski definition) is 2. The second-order valence-corrected chi connectivity index (χ2v) is 5.24. The second-order valence-electron chi connectivity index (χ2n) is 3.62. The van der Waals surface area contributed by atoms with Crippen LogP contribution in [0, 0.1) is 5.92 Å². The van der Waals surface area contributed by atoms with Crippen molar-refractivity contribution < 1.29 is 4.79 Å². The number of amides is 1. The van der Waals surface area contributed by atoms with Crippen molar-refractivity contribution in [2.45, 2.75) is 39.9 Å². The number of carbonyl (C=O) groups is 1. The van der Waals surface area contributed by atoms with Crippen LogP contribution >= 0.6 is 11.8 Å². The van der Waals surface area contributed by atoms with E-state index >= 15 is 0 Å². The van der Waals surface area contributed by atoms with E-state index in [9.17, 15) is 4.79 Å². The Bertz CT molecular complexity index is 197. The third-order valence-corrected chi connectivity index (χ3v) is 2.11. The Kier molecular flexibility index (Phi) is 5.88. The average molecular weight is 201 g/mol. The maximum Gasteiger partial charge on any atom is 0.221 e. The minimum Gasteiger partial charge on any atom is -0.321 e. The average Bonchev–Trinajstić information content (AvgIpc) is 1.80. The first-order valence-corrected chi connectivity index (χ1v) is 5.46. The Hall–Kier alpha value is -0.440. The van der Waals surface area contributed by atoms with Crippen molar-refractivity contribution >= 4 is 17.7 Å². The molecule has 0 saturated heterocycles. The number of nitrogens with one attached hydrogen (secondary N) is 1. The van der Waals surface area contributed by atoms with Crippen LogP contribution in [0.1, 0.15) is 34.6 Å². The van der Waals surface area contributed by atoms with Gasteiger partial charge >= 0.3 is 0 Å². The zero-order valence-electron chi connectivity index (χ0n) is 9.05. The van der Waals surface area contributed by atoms with Crippen LogP contribution < -0.4 is 5.32 Å². The number of thioether (sulfide) groups is 1. The standard InChI is InChI=1S/C10H19NOS/c1-7(2)6-10(11-9(5)12)13-8(3)4/h6-8H,1-5H3,(H,11,12). The van der Waals surface area contributed by atoms with Gasteiger partial charge in [-0.15, -0.1) is 11.8 Å². The molecule has 0 rings (SSSR count). The lowest BCUT2D eigenvalue weighted by molar-refractivity contribution is -0.118. The maximum atomic E-state index is 10.9. The normalized spacial score (nSPS) is 12.4. The highest BCUT2D eigenvalue weighted by Crippen LogP contribution is 2.20. The number of hydrogen-bond donors (Lipinski definition) is 1. The summed E-state index contributed by atoms with van der Waals surface area (Å²) in [6.07, 6.45) is 2.08. The first-order chi connectivity index (χ1) is 5.91. The van der Waals surface area contributed by atoms with Gasteiger partial charge in [-0.05, 0) is 5.92 Å². The summed E-state index contributed by atoms with van der Waals surface area (Å²) in [5.41, 5.74) is 0. The van der Waals surface area contributed by atoms with E-state index in [4.69, 9.17) is 0 Å². The third kappa shape index (κ3) is 7.91. The van der Waals surface area contributed by atoms with E-state index in [-0.39, 0.29) is 5.91 Å². The quantitative estimate of drug-likeness (QED) is 0.757. The molecule has 76 valence electrons. The molecule has 0 fully saturated rings. The molecule has 0 unspecified atom stereocenters. The highest BCUT2D eigenvalue weighted by molar-refractivity contribution is 8.03. The molecular weight excluding hydrogens is 182 g/mol. The zero-order valence-corrected chi connectivity index (χ0v) is 9.87. The fourth-order valence-electron chi connectivity index (χ4n) is 0.841. The molecule has 0 aromatic rings. The van der Waals surface area contributed by atoms with E-state index in [0.717, 1.165) is 5.03 Å². The summed E-state index contributed by atoms with van der Waals surface area (Å²) in [6, 6.07) is 0. The van der Waals surface area contributed by atoms with Gasteiger partial charge in [-0.2, -0.15) is 0 Å². The predicted octanol–water partition coefficient (Wildman–Crippen LogP) is 2.76. The molecule has 0 aliphatic heterocycles. The first kappa shape index (κ1) is 12.6. The van der Waals surface area contributed by atoms with E-state index in [0.29, 0.717) is 11.2 Å². The predicted molar refractivity (Wildman–Crippen MR) is 59.5 cm³/mol. The van der Waals surface area contributed by atoms with Crippen molar-refractivity contribution in [2.75, 3.05) is 0 Å². The highest BCUT2D eigenvalue weighted by Gasteiger charge is 2.04. The molecule has 13 heavy (non-hydrogen) atoms. The van der Waals surface area contributed by atoms with Crippen molar-refractivity contribution in [3.8, 4) is 0 Å². The van der Waals surface area contributed by atoms with E-state index in [1.807, 2.05) is 0 Å². The van der Waals surface area contributed by atoms with Gasteiger partial charge in [-0.25, -0.2) is 0 Å². The maximum absolute atomic E-state index is 10.9. The highest BCUT2D eigenvalue weighted by atomic mass is 32.2. The van der Waals surface area contributed by atoms with Gasteiger partial charge in [0.05, 0.1) is 5.03 Å². The van der Waals surface area contributed by atoms with Crippen molar-refractivity contribution in [1.29, 1.82) is 0 Å².